The Balaban J connectivity index is 2.29. The van der Waals surface area contributed by atoms with Crippen molar-refractivity contribution < 1.29 is 9.85 Å². The third-order valence-corrected chi connectivity index (χ3v) is 2.80. The summed E-state index contributed by atoms with van der Waals surface area (Å²) in [5, 5.41) is 29.4. The number of aromatic nitrogens is 3. The van der Waals surface area contributed by atoms with Gasteiger partial charge >= 0.3 is 0 Å². The summed E-state index contributed by atoms with van der Waals surface area (Å²) in [7, 11) is 0. The minimum Gasteiger partial charge on any atom is -0.330 e. The van der Waals surface area contributed by atoms with Crippen molar-refractivity contribution in [3.8, 4) is 0 Å². The Morgan fingerprint density at radius 2 is 2.00 bits per heavy atom. The third kappa shape index (κ3) is 3.36. The Morgan fingerprint density at radius 1 is 1.24 bits per heavy atom. The van der Waals surface area contributed by atoms with E-state index in [1.165, 1.54) is 16.8 Å². The zero-order valence-electron chi connectivity index (χ0n) is 10.9. The lowest BCUT2D eigenvalue weighted by molar-refractivity contribution is -0.394. The fraction of sp³-hybridized carbons (Fsp3) is 0.273. The van der Waals surface area contributed by atoms with Crippen molar-refractivity contribution in [3.05, 3.63) is 55.9 Å². The molecule has 0 saturated carbocycles. The van der Waals surface area contributed by atoms with Crippen molar-refractivity contribution in [2.45, 2.75) is 13.0 Å². The molecule has 10 nitrogen and oxygen atoms in total. The number of non-ortho nitro benzene ring substituents is 1. The first kappa shape index (κ1) is 14.5. The molecule has 110 valence electrons. The monoisotopic (exact) mass is 292 g/mol. The predicted molar refractivity (Wildman–Crippen MR) is 71.6 cm³/mol. The summed E-state index contributed by atoms with van der Waals surface area (Å²) in [6.45, 7) is 0.530. The molecule has 0 aliphatic rings. The molecule has 0 bridgehead atoms. The topological polar surface area (TPSA) is 143 Å². The Hall–Kier alpha value is -2.88. The first-order chi connectivity index (χ1) is 10.0. The van der Waals surface area contributed by atoms with Crippen molar-refractivity contribution in [3.63, 3.8) is 0 Å². The predicted octanol–water partition coefficient (Wildman–Crippen LogP) is 0.644. The van der Waals surface area contributed by atoms with Gasteiger partial charge in [-0.15, -0.1) is 5.10 Å². The normalized spacial score (nSPS) is 10.5. The van der Waals surface area contributed by atoms with Crippen molar-refractivity contribution in [1.82, 2.24) is 15.0 Å². The summed E-state index contributed by atoms with van der Waals surface area (Å²) < 4.78 is 1.43. The maximum Gasteiger partial charge on any atom is 0.281 e. The molecular formula is C11H12N6O4. The second-order valence-corrected chi connectivity index (χ2v) is 4.27. The molecule has 2 aromatic rings. The lowest BCUT2D eigenvalue weighted by Gasteiger charge is -2.02. The molecule has 0 aliphatic carbocycles. The van der Waals surface area contributed by atoms with Gasteiger partial charge in [-0.05, 0) is 12.6 Å². The van der Waals surface area contributed by atoms with Crippen molar-refractivity contribution in [2.75, 3.05) is 6.54 Å². The Kier molecular flexibility index (Phi) is 4.18. The molecule has 1 aromatic heterocycles. The van der Waals surface area contributed by atoms with Gasteiger partial charge in [0.15, 0.2) is 0 Å². The molecule has 0 atom stereocenters. The number of benzene rings is 1. The molecule has 2 rings (SSSR count). The van der Waals surface area contributed by atoms with E-state index in [2.05, 4.69) is 10.3 Å². The molecule has 0 radical (unpaired) electrons. The maximum absolute atomic E-state index is 11.0. The van der Waals surface area contributed by atoms with E-state index in [4.69, 9.17) is 5.73 Å². The maximum atomic E-state index is 11.0. The highest BCUT2D eigenvalue weighted by molar-refractivity contribution is 5.49. The van der Waals surface area contributed by atoms with Gasteiger partial charge in [0.2, 0.25) is 0 Å². The highest BCUT2D eigenvalue weighted by atomic mass is 16.6. The van der Waals surface area contributed by atoms with E-state index >= 15 is 0 Å². The van der Waals surface area contributed by atoms with Crippen LogP contribution in [0.15, 0.2) is 24.4 Å². The number of nitrogens with zero attached hydrogens (tertiary/aromatic N) is 5. The average Bonchev–Trinajstić information content (AvgIpc) is 2.86. The summed E-state index contributed by atoms with van der Waals surface area (Å²) >= 11 is 0. The lowest BCUT2D eigenvalue weighted by Crippen LogP contribution is -2.05. The zero-order chi connectivity index (χ0) is 15.4. The van der Waals surface area contributed by atoms with Crippen LogP contribution in [0.25, 0.3) is 0 Å². The Labute approximate surface area is 118 Å². The smallest absolute Gasteiger partial charge is 0.281 e. The van der Waals surface area contributed by atoms with E-state index in [0.29, 0.717) is 24.2 Å². The van der Waals surface area contributed by atoms with Crippen LogP contribution < -0.4 is 5.73 Å². The zero-order valence-corrected chi connectivity index (χ0v) is 10.9. The quantitative estimate of drug-likeness (QED) is 0.607. The van der Waals surface area contributed by atoms with Gasteiger partial charge in [-0.1, -0.05) is 5.21 Å². The van der Waals surface area contributed by atoms with Crippen molar-refractivity contribution >= 4 is 11.4 Å². The summed E-state index contributed by atoms with van der Waals surface area (Å²) in [6, 6.07) is 3.51. The van der Waals surface area contributed by atoms with Crippen molar-refractivity contribution in [2.24, 2.45) is 5.73 Å². The Bertz CT molecular complexity index is 683. The van der Waals surface area contributed by atoms with Gasteiger partial charge < -0.3 is 5.73 Å². The molecule has 0 amide bonds. The van der Waals surface area contributed by atoms with Gasteiger partial charge in [0.05, 0.1) is 33.7 Å². The van der Waals surface area contributed by atoms with Crippen LogP contribution in [0.4, 0.5) is 11.4 Å². The van der Waals surface area contributed by atoms with Crippen molar-refractivity contribution in [1.29, 1.82) is 0 Å². The summed E-state index contributed by atoms with van der Waals surface area (Å²) in [6.07, 6.45) is 2.19. The van der Waals surface area contributed by atoms with E-state index in [1.54, 1.807) is 6.20 Å². The van der Waals surface area contributed by atoms with Crippen LogP contribution in [0.1, 0.15) is 11.3 Å². The van der Waals surface area contributed by atoms with Crippen LogP contribution in [0, 0.1) is 20.2 Å². The molecular weight excluding hydrogens is 280 g/mol. The van der Waals surface area contributed by atoms with Crippen LogP contribution in [0.5, 0.6) is 0 Å². The van der Waals surface area contributed by atoms with Gasteiger partial charge in [-0.2, -0.15) is 0 Å². The van der Waals surface area contributed by atoms with Gasteiger partial charge in [0, 0.05) is 18.7 Å². The molecule has 0 aliphatic heterocycles. The first-order valence-electron chi connectivity index (χ1n) is 6.02. The minimum atomic E-state index is -0.675. The molecule has 1 aromatic carbocycles. The standard InChI is InChI=1S/C11H12N6O4/c12-4-3-9-7-15(14-13-9)6-8-1-2-10(16(18)19)5-11(8)17(20)21/h1-2,5,7H,3-4,6,12H2. The summed E-state index contributed by atoms with van der Waals surface area (Å²) in [4.78, 5) is 20.4. The number of hydrogen-bond acceptors (Lipinski definition) is 7. The molecule has 0 unspecified atom stereocenters. The molecule has 0 spiro atoms. The molecule has 2 N–H and O–H groups in total. The average molecular weight is 292 g/mol. The van der Waals surface area contributed by atoms with Crippen LogP contribution in [0.3, 0.4) is 0 Å². The lowest BCUT2D eigenvalue weighted by atomic mass is 10.1. The second-order valence-electron chi connectivity index (χ2n) is 4.27. The molecule has 1 heterocycles. The van der Waals surface area contributed by atoms with Crippen LogP contribution in [-0.4, -0.2) is 31.4 Å². The SMILES string of the molecule is NCCc1cn(Cc2ccc([N+](=O)[O-])cc2[N+](=O)[O-])nn1. The summed E-state index contributed by atoms with van der Waals surface area (Å²) in [5.41, 5.74) is 5.75. The van der Waals surface area contributed by atoms with Crippen LogP contribution in [0.2, 0.25) is 0 Å². The number of nitro benzene ring substituents is 2. The van der Waals surface area contributed by atoms with Gasteiger partial charge in [0.1, 0.15) is 0 Å². The van der Waals surface area contributed by atoms with Gasteiger partial charge in [-0.3, -0.25) is 20.2 Å². The Morgan fingerprint density at radius 3 is 2.62 bits per heavy atom. The van der Waals surface area contributed by atoms with E-state index in [9.17, 15) is 20.2 Å². The molecule has 0 fully saturated rings. The third-order valence-electron chi connectivity index (χ3n) is 2.80. The number of hydrogen-bond donors (Lipinski definition) is 1. The first-order valence-corrected chi connectivity index (χ1v) is 6.02. The second kappa shape index (κ2) is 6.05. The van der Waals surface area contributed by atoms with E-state index < -0.39 is 9.85 Å². The highest BCUT2D eigenvalue weighted by Gasteiger charge is 2.19. The van der Waals surface area contributed by atoms with Crippen LogP contribution in [-0.2, 0) is 13.0 Å². The molecule has 0 saturated heterocycles. The van der Waals surface area contributed by atoms with E-state index in [1.807, 2.05) is 0 Å². The fourth-order valence-corrected chi connectivity index (χ4v) is 1.82. The fourth-order valence-electron chi connectivity index (χ4n) is 1.82. The number of rotatable bonds is 6. The van der Waals surface area contributed by atoms with Crippen LogP contribution >= 0.6 is 0 Å². The minimum absolute atomic E-state index is 0.103. The summed E-state index contributed by atoms with van der Waals surface area (Å²) in [5.74, 6) is 0. The van der Waals surface area contributed by atoms with E-state index in [0.717, 1.165) is 6.07 Å². The highest BCUT2D eigenvalue weighted by Crippen LogP contribution is 2.25. The van der Waals surface area contributed by atoms with E-state index in [-0.39, 0.29) is 17.9 Å². The molecule has 21 heavy (non-hydrogen) atoms. The largest absolute Gasteiger partial charge is 0.330 e. The number of nitro groups is 2. The molecule has 10 heteroatoms. The van der Waals surface area contributed by atoms with Gasteiger partial charge in [0.25, 0.3) is 11.4 Å². The number of nitrogens with two attached hydrogens (primary N) is 1. The van der Waals surface area contributed by atoms with Gasteiger partial charge in [-0.25, -0.2) is 4.68 Å².